The number of amides is 5. The minimum Gasteiger partial charge on any atom is -0.480 e. The molecule has 1 aromatic heterocycles. The molecule has 11 unspecified atom stereocenters. The normalized spacial score (nSPS) is 29.7. The van der Waals surface area contributed by atoms with Gasteiger partial charge in [0.2, 0.25) is 23.6 Å². The molecule has 472 valence electrons. The van der Waals surface area contributed by atoms with Crippen LogP contribution in [0, 0.1) is 23.2 Å². The Hall–Kier alpha value is -5.01. The molecule has 4 fully saturated rings. The quantitative estimate of drug-likeness (QED) is 0.0422. The standard InChI is InChI=1S/C55H92N8O20/c1-9-33-24-34(47(71)57-20-21-58-48(72)36-26-63(62-61-36)22-18-55(7,8)78-28-54(5,6)53(77)60-35(49(73)74)17-13-14-19-56-30(3)65)25-37(45(33)83-52-44(70)43(69)41(67)29(2)79-52)81-51-40(59-31(4)66)46(42(68)39(27-64)82-51)80-38(50(75)76)23-32-15-11-10-12-16-32/h26,29,32-35,37-46,51-52,64,67-70H,9-25,27-28H2,1-8H3,(H,56,65)(H,57,71)(H,58,72)(H,59,66)(H,60,77)(H,73,74)(H,75,76)/t29?,33-,34?,35+,37?,38+,39+,40?,41?,42?,43?,44?,45?,46?,51-,52?/m1/s1. The smallest absolute Gasteiger partial charge is 0.332 e. The second kappa shape index (κ2) is 31.9. The maximum absolute atomic E-state index is 14.1. The first kappa shape index (κ1) is 68.8. The van der Waals surface area contributed by atoms with Gasteiger partial charge in [-0.05, 0) is 91.4 Å². The van der Waals surface area contributed by atoms with Gasteiger partial charge in [-0.1, -0.05) is 50.7 Å². The zero-order chi connectivity index (χ0) is 61.3. The molecular weight excluding hydrogens is 1090 g/mol. The van der Waals surface area contributed by atoms with Crippen LogP contribution in [-0.4, -0.2) is 216 Å². The van der Waals surface area contributed by atoms with Gasteiger partial charge in [-0.25, -0.2) is 9.59 Å². The highest BCUT2D eigenvalue weighted by molar-refractivity contribution is 5.92. The van der Waals surface area contributed by atoms with Crippen LogP contribution in [0.5, 0.6) is 0 Å². The molecule has 2 saturated heterocycles. The molecule has 0 aromatic carbocycles. The van der Waals surface area contributed by atoms with Gasteiger partial charge in [-0.2, -0.15) is 0 Å². The summed E-state index contributed by atoms with van der Waals surface area (Å²) in [5, 5.41) is 95.9. The van der Waals surface area contributed by atoms with E-state index in [4.69, 9.17) is 28.4 Å². The van der Waals surface area contributed by atoms with Gasteiger partial charge >= 0.3 is 11.9 Å². The van der Waals surface area contributed by atoms with Gasteiger partial charge in [0.05, 0.1) is 48.7 Å². The average molecular weight is 1190 g/mol. The van der Waals surface area contributed by atoms with E-state index in [2.05, 4.69) is 36.9 Å². The van der Waals surface area contributed by atoms with E-state index in [1.54, 1.807) is 13.8 Å². The number of nitrogens with zero attached hydrogens (tertiary/aromatic N) is 3. The Labute approximate surface area is 484 Å². The van der Waals surface area contributed by atoms with Crippen LogP contribution in [0.15, 0.2) is 6.20 Å². The lowest BCUT2D eigenvalue weighted by Gasteiger charge is -2.49. The number of carbonyl (C=O) groups is 7. The number of hydrogen-bond donors (Lipinski definition) is 12. The van der Waals surface area contributed by atoms with Crippen molar-refractivity contribution in [3.8, 4) is 0 Å². The van der Waals surface area contributed by atoms with Gasteiger partial charge in [-0.15, -0.1) is 5.10 Å². The van der Waals surface area contributed by atoms with E-state index in [-0.39, 0.29) is 69.4 Å². The highest BCUT2D eigenvalue weighted by Crippen LogP contribution is 2.40. The number of aliphatic hydroxyl groups excluding tert-OH is 5. The Morgan fingerprint density at radius 1 is 0.807 bits per heavy atom. The number of aliphatic hydroxyl groups is 5. The lowest BCUT2D eigenvalue weighted by atomic mass is 9.75. The molecule has 0 spiro atoms. The van der Waals surface area contributed by atoms with E-state index in [9.17, 15) is 69.3 Å². The van der Waals surface area contributed by atoms with Crippen molar-refractivity contribution < 1.29 is 97.7 Å². The highest BCUT2D eigenvalue weighted by Gasteiger charge is 2.53. The van der Waals surface area contributed by atoms with E-state index >= 15 is 0 Å². The Morgan fingerprint density at radius 3 is 2.14 bits per heavy atom. The molecule has 0 radical (unpaired) electrons. The maximum atomic E-state index is 14.1. The fourth-order valence-corrected chi connectivity index (χ4v) is 10.9. The van der Waals surface area contributed by atoms with Gasteiger partial charge in [0.25, 0.3) is 5.91 Å². The Morgan fingerprint density at radius 2 is 1.51 bits per heavy atom. The van der Waals surface area contributed by atoms with Crippen molar-refractivity contribution in [1.82, 2.24) is 41.6 Å². The predicted molar refractivity (Wildman–Crippen MR) is 291 cm³/mol. The number of carboxylic acids is 2. The summed E-state index contributed by atoms with van der Waals surface area (Å²) in [6.45, 7) is 12.7. The van der Waals surface area contributed by atoms with Crippen LogP contribution in [0.4, 0.5) is 0 Å². The Balaban J connectivity index is 1.21. The Kier molecular flexibility index (Phi) is 26.5. The van der Waals surface area contributed by atoms with Crippen molar-refractivity contribution in [2.45, 2.75) is 237 Å². The molecule has 3 heterocycles. The third kappa shape index (κ3) is 20.3. The molecule has 83 heavy (non-hydrogen) atoms. The second-order valence-electron chi connectivity index (χ2n) is 23.8. The van der Waals surface area contributed by atoms with Crippen molar-refractivity contribution in [2.24, 2.45) is 23.2 Å². The lowest BCUT2D eigenvalue weighted by molar-refractivity contribution is -0.338. The van der Waals surface area contributed by atoms with Gasteiger partial charge in [-0.3, -0.25) is 28.7 Å². The van der Waals surface area contributed by atoms with Crippen molar-refractivity contribution in [3.63, 3.8) is 0 Å². The first-order valence-electron chi connectivity index (χ1n) is 29.1. The fourth-order valence-electron chi connectivity index (χ4n) is 10.9. The number of carbonyl (C=O) groups excluding carboxylic acids is 5. The van der Waals surface area contributed by atoms with E-state index in [0.29, 0.717) is 32.2 Å². The topological polar surface area (TPSA) is 407 Å². The van der Waals surface area contributed by atoms with Crippen LogP contribution in [0.2, 0.25) is 0 Å². The molecule has 2 aliphatic heterocycles. The molecule has 2 aliphatic carbocycles. The summed E-state index contributed by atoms with van der Waals surface area (Å²) in [6.07, 6.45) is -8.70. The SMILES string of the molecule is CC[C@@H]1CC(C(=O)NCCNC(=O)c2cn(CCC(C)(C)OCC(C)(C)C(=O)N[C@@H](CCCCNC(C)=O)C(=O)O)nn2)CC(O[C@@H]2O[C@@H](CO)C(O)C(O[C@@H](CC3CCCCC3)C(=O)O)C2NC(C)=O)C1OC1OC(C)C(O)C(O)C1O. The van der Waals surface area contributed by atoms with Gasteiger partial charge < -0.3 is 90.8 Å². The molecule has 5 rings (SSSR count). The van der Waals surface area contributed by atoms with E-state index in [1.165, 1.54) is 31.6 Å². The number of aromatic nitrogens is 3. The number of nitrogens with one attached hydrogen (secondary N) is 5. The predicted octanol–water partition coefficient (Wildman–Crippen LogP) is -0.363. The van der Waals surface area contributed by atoms with E-state index in [1.807, 2.05) is 20.8 Å². The molecule has 12 N–H and O–H groups in total. The molecule has 0 bridgehead atoms. The third-order valence-corrected chi connectivity index (χ3v) is 16.1. The van der Waals surface area contributed by atoms with Crippen molar-refractivity contribution in [2.75, 3.05) is 32.8 Å². The molecule has 28 nitrogen and oxygen atoms in total. The van der Waals surface area contributed by atoms with Gasteiger partial charge in [0, 0.05) is 45.9 Å². The summed E-state index contributed by atoms with van der Waals surface area (Å²) < 4.78 is 38.9. The van der Waals surface area contributed by atoms with Crippen LogP contribution in [-0.2, 0) is 63.7 Å². The molecular formula is C55H92N8O20. The first-order chi connectivity index (χ1) is 39.1. The first-order valence-corrected chi connectivity index (χ1v) is 29.1. The number of ether oxygens (including phenoxy) is 6. The summed E-state index contributed by atoms with van der Waals surface area (Å²) in [7, 11) is 0. The average Bonchev–Trinajstić information content (AvgIpc) is 4.02. The summed E-state index contributed by atoms with van der Waals surface area (Å²) in [5.74, 6) is -6.00. The van der Waals surface area contributed by atoms with Gasteiger partial charge in [0.1, 0.15) is 48.7 Å². The van der Waals surface area contributed by atoms with Crippen LogP contribution in [0.25, 0.3) is 0 Å². The fraction of sp³-hybridized carbons (Fsp3) is 0.836. The van der Waals surface area contributed by atoms with Crippen LogP contribution in [0.3, 0.4) is 0 Å². The molecule has 1 aromatic rings. The zero-order valence-electron chi connectivity index (χ0n) is 49.1. The van der Waals surface area contributed by atoms with Crippen LogP contribution in [0.1, 0.15) is 149 Å². The summed E-state index contributed by atoms with van der Waals surface area (Å²) in [5.41, 5.74) is -1.89. The summed E-state index contributed by atoms with van der Waals surface area (Å²) in [6, 6.07) is -2.48. The summed E-state index contributed by atoms with van der Waals surface area (Å²) in [4.78, 5) is 89.1. The molecule has 5 amide bonds. The monoisotopic (exact) mass is 1180 g/mol. The van der Waals surface area contributed by atoms with Crippen LogP contribution >= 0.6 is 0 Å². The van der Waals surface area contributed by atoms with Crippen molar-refractivity contribution >= 4 is 41.5 Å². The maximum Gasteiger partial charge on any atom is 0.332 e. The number of hydrogen-bond acceptors (Lipinski definition) is 20. The number of aryl methyl sites for hydroxylation is 1. The number of carboxylic acid groups (broad SMARTS) is 2. The Bertz CT molecular complexity index is 2290. The van der Waals surface area contributed by atoms with Gasteiger partial charge in [0.15, 0.2) is 24.4 Å². The number of unbranched alkanes of at least 4 members (excludes halogenated alkanes) is 1. The lowest BCUT2D eigenvalue weighted by Crippen LogP contribution is -2.67. The third-order valence-electron chi connectivity index (χ3n) is 16.1. The highest BCUT2D eigenvalue weighted by atomic mass is 16.7. The number of rotatable bonds is 31. The van der Waals surface area contributed by atoms with Crippen molar-refractivity contribution in [3.05, 3.63) is 11.9 Å². The van der Waals surface area contributed by atoms with Crippen LogP contribution < -0.4 is 26.6 Å². The molecule has 2 saturated carbocycles. The molecule has 28 heteroatoms. The molecule has 4 aliphatic rings. The minimum atomic E-state index is -1.71. The second-order valence-corrected chi connectivity index (χ2v) is 23.8. The minimum absolute atomic E-state index is 0.00247. The zero-order valence-corrected chi connectivity index (χ0v) is 49.1. The number of aliphatic carboxylic acids is 2. The van der Waals surface area contributed by atoms with E-state index < -0.39 is 151 Å². The summed E-state index contributed by atoms with van der Waals surface area (Å²) >= 11 is 0. The van der Waals surface area contributed by atoms with Crippen molar-refractivity contribution in [1.29, 1.82) is 0 Å². The largest absolute Gasteiger partial charge is 0.480 e. The van der Waals surface area contributed by atoms with E-state index in [0.717, 1.165) is 32.1 Å². The molecule has 16 atom stereocenters.